The summed E-state index contributed by atoms with van der Waals surface area (Å²) in [6, 6.07) is 16.6. The first-order valence-corrected chi connectivity index (χ1v) is 10.5. The molecule has 5 nitrogen and oxygen atoms in total. The van der Waals surface area contributed by atoms with E-state index in [-0.39, 0.29) is 23.3 Å². The molecule has 30 heavy (non-hydrogen) atoms. The van der Waals surface area contributed by atoms with Crippen LogP contribution in [0.5, 0.6) is 0 Å². The molecule has 0 bridgehead atoms. The molecule has 0 unspecified atom stereocenters. The highest BCUT2D eigenvalue weighted by molar-refractivity contribution is 7.99. The largest absolute Gasteiger partial charge is 0.469 e. The molecule has 2 heterocycles. The molecule has 0 amide bonds. The fourth-order valence-electron chi connectivity index (χ4n) is 2.97. The number of rotatable bonds is 8. The Bertz CT molecular complexity index is 1110. The van der Waals surface area contributed by atoms with E-state index in [0.717, 1.165) is 5.56 Å². The zero-order valence-electron chi connectivity index (χ0n) is 15.6. The van der Waals surface area contributed by atoms with Crippen molar-refractivity contribution in [2.24, 2.45) is 0 Å². The molecule has 0 N–H and O–H groups in total. The smallest absolute Gasteiger partial charge is 0.277 e. The van der Waals surface area contributed by atoms with Gasteiger partial charge in [-0.05, 0) is 54.1 Å². The van der Waals surface area contributed by atoms with Gasteiger partial charge in [0.2, 0.25) is 5.89 Å². The molecule has 1 atom stereocenters. The van der Waals surface area contributed by atoms with Crippen LogP contribution in [-0.4, -0.2) is 21.7 Å². The fourth-order valence-corrected chi connectivity index (χ4v) is 3.77. The van der Waals surface area contributed by atoms with Crippen molar-refractivity contribution < 1.29 is 18.0 Å². The summed E-state index contributed by atoms with van der Waals surface area (Å²) in [6.07, 6.45) is 1.97. The summed E-state index contributed by atoms with van der Waals surface area (Å²) >= 11 is 7.02. The van der Waals surface area contributed by atoms with Crippen molar-refractivity contribution in [3.8, 4) is 0 Å². The van der Waals surface area contributed by atoms with Crippen molar-refractivity contribution in [3.63, 3.8) is 0 Å². The molecule has 2 aromatic heterocycles. The molecule has 0 aliphatic carbocycles. The molecule has 0 saturated heterocycles. The fraction of sp³-hybridized carbons (Fsp3) is 0.136. The van der Waals surface area contributed by atoms with E-state index in [4.69, 9.17) is 20.4 Å². The van der Waals surface area contributed by atoms with E-state index in [2.05, 4.69) is 10.2 Å². The minimum absolute atomic E-state index is 0.0591. The first-order chi connectivity index (χ1) is 14.6. The zero-order valence-corrected chi connectivity index (χ0v) is 17.2. The van der Waals surface area contributed by atoms with Crippen LogP contribution >= 0.6 is 23.4 Å². The van der Waals surface area contributed by atoms with E-state index in [0.29, 0.717) is 33.9 Å². The standard InChI is InChI=1S/C22H16ClFN2O3S/c23-16-7-3-15(4-8-16)19(27)13-30-22-26-25-21(29-22)12-18(20-2-1-11-28-20)14-5-9-17(24)10-6-14/h1-11,18H,12-13H2/t18-/m0/s1. The Kier molecular flexibility index (Phi) is 6.30. The van der Waals surface area contributed by atoms with Gasteiger partial charge in [-0.2, -0.15) is 0 Å². The third-order valence-electron chi connectivity index (χ3n) is 4.48. The highest BCUT2D eigenvalue weighted by Crippen LogP contribution is 2.30. The minimum atomic E-state index is -0.307. The van der Waals surface area contributed by atoms with E-state index in [1.54, 1.807) is 48.7 Å². The van der Waals surface area contributed by atoms with Gasteiger partial charge in [-0.25, -0.2) is 4.39 Å². The molecule has 0 radical (unpaired) electrons. The maximum Gasteiger partial charge on any atom is 0.277 e. The summed E-state index contributed by atoms with van der Waals surface area (Å²) in [5, 5.41) is 9.00. The summed E-state index contributed by atoms with van der Waals surface area (Å²) in [7, 11) is 0. The van der Waals surface area contributed by atoms with Gasteiger partial charge in [-0.1, -0.05) is 35.5 Å². The number of aromatic nitrogens is 2. The number of carbonyl (C=O) groups excluding carboxylic acids is 1. The van der Waals surface area contributed by atoms with Gasteiger partial charge >= 0.3 is 0 Å². The second-order valence-corrected chi connectivity index (χ2v) is 7.87. The summed E-state index contributed by atoms with van der Waals surface area (Å²) in [5.41, 5.74) is 1.44. The predicted molar refractivity (Wildman–Crippen MR) is 111 cm³/mol. The number of benzene rings is 2. The molecule has 0 spiro atoms. The number of hydrogen-bond donors (Lipinski definition) is 0. The molecule has 152 valence electrons. The van der Waals surface area contributed by atoms with Crippen LogP contribution in [0.15, 0.2) is 81.0 Å². The van der Waals surface area contributed by atoms with Crippen LogP contribution in [0.3, 0.4) is 0 Å². The van der Waals surface area contributed by atoms with E-state index < -0.39 is 0 Å². The van der Waals surface area contributed by atoms with Gasteiger partial charge in [-0.3, -0.25) is 4.79 Å². The third-order valence-corrected chi connectivity index (χ3v) is 5.55. The van der Waals surface area contributed by atoms with E-state index in [1.807, 2.05) is 6.07 Å². The topological polar surface area (TPSA) is 69.1 Å². The molecular weight excluding hydrogens is 427 g/mol. The van der Waals surface area contributed by atoms with Crippen molar-refractivity contribution in [1.29, 1.82) is 0 Å². The molecule has 4 rings (SSSR count). The molecule has 0 aliphatic heterocycles. The van der Waals surface area contributed by atoms with Crippen LogP contribution in [0.1, 0.15) is 33.5 Å². The van der Waals surface area contributed by atoms with E-state index >= 15 is 0 Å². The number of furan rings is 1. The first-order valence-electron chi connectivity index (χ1n) is 9.11. The van der Waals surface area contributed by atoms with Crippen molar-refractivity contribution in [2.45, 2.75) is 17.6 Å². The monoisotopic (exact) mass is 442 g/mol. The Morgan fingerprint density at radius 2 is 1.83 bits per heavy atom. The molecule has 0 fully saturated rings. The number of Topliss-reactive ketones (excluding diaryl/α,β-unsaturated/α-hetero) is 1. The van der Waals surface area contributed by atoms with Gasteiger partial charge in [0.25, 0.3) is 5.22 Å². The maximum absolute atomic E-state index is 13.3. The molecule has 4 aromatic rings. The second kappa shape index (κ2) is 9.28. The summed E-state index contributed by atoms with van der Waals surface area (Å²) in [6.45, 7) is 0. The van der Waals surface area contributed by atoms with E-state index in [9.17, 15) is 9.18 Å². The molecular formula is C22H16ClFN2O3S. The van der Waals surface area contributed by atoms with Crippen LogP contribution in [0.25, 0.3) is 0 Å². The number of thioether (sulfide) groups is 1. The van der Waals surface area contributed by atoms with Crippen LogP contribution in [0.4, 0.5) is 4.39 Å². The van der Waals surface area contributed by atoms with Gasteiger partial charge in [-0.15, -0.1) is 10.2 Å². The lowest BCUT2D eigenvalue weighted by Crippen LogP contribution is -2.04. The van der Waals surface area contributed by atoms with Crippen LogP contribution in [0.2, 0.25) is 5.02 Å². The quantitative estimate of drug-likeness (QED) is 0.253. The first kappa shape index (κ1) is 20.4. The van der Waals surface area contributed by atoms with Crippen molar-refractivity contribution in [1.82, 2.24) is 10.2 Å². The van der Waals surface area contributed by atoms with Crippen LogP contribution < -0.4 is 0 Å². The lowest BCUT2D eigenvalue weighted by molar-refractivity contribution is 0.102. The number of ketones is 1. The SMILES string of the molecule is O=C(CSc1nnc(C[C@@H](c2ccc(F)cc2)c2ccco2)o1)c1ccc(Cl)cc1. The van der Waals surface area contributed by atoms with Gasteiger partial charge in [0.05, 0.1) is 17.9 Å². The summed E-state index contributed by atoms with van der Waals surface area (Å²) in [4.78, 5) is 12.3. The number of halogens is 2. The number of nitrogens with zero attached hydrogens (tertiary/aromatic N) is 2. The lowest BCUT2D eigenvalue weighted by atomic mass is 9.93. The molecule has 2 aromatic carbocycles. The van der Waals surface area contributed by atoms with Gasteiger partial charge in [0.1, 0.15) is 11.6 Å². The van der Waals surface area contributed by atoms with Gasteiger partial charge in [0, 0.05) is 17.0 Å². The third kappa shape index (κ3) is 4.98. The average molecular weight is 443 g/mol. The Morgan fingerprint density at radius 1 is 1.07 bits per heavy atom. The number of hydrogen-bond acceptors (Lipinski definition) is 6. The van der Waals surface area contributed by atoms with Crippen molar-refractivity contribution in [3.05, 3.63) is 101 Å². The normalized spacial score (nSPS) is 12.1. The second-order valence-electron chi connectivity index (χ2n) is 6.50. The highest BCUT2D eigenvalue weighted by Gasteiger charge is 2.21. The highest BCUT2D eigenvalue weighted by atomic mass is 35.5. The molecule has 8 heteroatoms. The molecule has 0 saturated carbocycles. The average Bonchev–Trinajstić information content (AvgIpc) is 3.44. The van der Waals surface area contributed by atoms with Crippen molar-refractivity contribution >= 4 is 29.1 Å². The van der Waals surface area contributed by atoms with E-state index in [1.165, 1.54) is 23.9 Å². The Hall–Kier alpha value is -2.90. The Morgan fingerprint density at radius 3 is 2.53 bits per heavy atom. The van der Waals surface area contributed by atoms with Gasteiger partial charge < -0.3 is 8.83 Å². The summed E-state index contributed by atoms with van der Waals surface area (Å²) in [5.74, 6) is 0.724. The number of carbonyl (C=O) groups is 1. The Labute approximate surface area is 181 Å². The lowest BCUT2D eigenvalue weighted by Gasteiger charge is -2.13. The minimum Gasteiger partial charge on any atom is -0.469 e. The van der Waals surface area contributed by atoms with Crippen LogP contribution in [0, 0.1) is 5.82 Å². The summed E-state index contributed by atoms with van der Waals surface area (Å²) < 4.78 is 24.6. The maximum atomic E-state index is 13.3. The predicted octanol–water partition coefficient (Wildman–Crippen LogP) is 5.80. The van der Waals surface area contributed by atoms with Crippen molar-refractivity contribution in [2.75, 3.05) is 5.75 Å². The Balaban J connectivity index is 1.43. The van der Waals surface area contributed by atoms with Gasteiger partial charge in [0.15, 0.2) is 5.78 Å². The molecule has 0 aliphatic rings. The zero-order chi connectivity index (χ0) is 20.9. The van der Waals surface area contributed by atoms with Crippen LogP contribution in [-0.2, 0) is 6.42 Å².